The predicted octanol–water partition coefficient (Wildman–Crippen LogP) is 3.14. The average Bonchev–Trinajstić information content (AvgIpc) is 3.17. The molecule has 4 heterocycles. The van der Waals surface area contributed by atoms with Crippen molar-refractivity contribution in [3.63, 3.8) is 0 Å². The number of hydrogen-bond acceptors (Lipinski definition) is 6. The highest BCUT2D eigenvalue weighted by atomic mass is 32.2. The predicted molar refractivity (Wildman–Crippen MR) is 115 cm³/mol. The van der Waals surface area contributed by atoms with E-state index < -0.39 is 10.0 Å². The summed E-state index contributed by atoms with van der Waals surface area (Å²) in [5.74, 6) is 0.833. The number of hydrogen-bond donors (Lipinski definition) is 1. The highest BCUT2D eigenvalue weighted by Crippen LogP contribution is 2.31. The minimum atomic E-state index is -3.61. The average molecular weight is 427 g/mol. The molecule has 0 saturated carbocycles. The summed E-state index contributed by atoms with van der Waals surface area (Å²) in [7, 11) is -1.85. The molecular formula is C21H26N6O2S. The Hall–Kier alpha value is -2.78. The molecule has 1 unspecified atom stereocenters. The van der Waals surface area contributed by atoms with Crippen LogP contribution in [0, 0.1) is 13.8 Å². The van der Waals surface area contributed by atoms with Crippen LogP contribution in [0.5, 0.6) is 0 Å². The van der Waals surface area contributed by atoms with Crippen molar-refractivity contribution in [3.05, 3.63) is 59.9 Å². The van der Waals surface area contributed by atoms with Gasteiger partial charge in [-0.3, -0.25) is 4.98 Å². The summed E-state index contributed by atoms with van der Waals surface area (Å²) in [6.07, 6.45) is 6.49. The number of pyridine rings is 2. The van der Waals surface area contributed by atoms with Crippen LogP contribution in [0.15, 0.2) is 48.0 Å². The number of aryl methyl sites for hydroxylation is 3. The molecule has 0 spiro atoms. The molecule has 0 bridgehead atoms. The second kappa shape index (κ2) is 8.16. The zero-order valence-electron chi connectivity index (χ0n) is 17.4. The summed E-state index contributed by atoms with van der Waals surface area (Å²) in [6.45, 7) is 4.86. The minimum Gasteiger partial charge on any atom is -0.340 e. The van der Waals surface area contributed by atoms with Crippen molar-refractivity contribution < 1.29 is 8.42 Å². The normalized spacial score (nSPS) is 17.8. The number of piperidine rings is 1. The first-order chi connectivity index (χ1) is 14.3. The Morgan fingerprint density at radius 3 is 2.77 bits per heavy atom. The van der Waals surface area contributed by atoms with E-state index in [2.05, 4.69) is 15.3 Å². The van der Waals surface area contributed by atoms with Gasteiger partial charge in [0.25, 0.3) is 10.0 Å². The first-order valence-electron chi connectivity index (χ1n) is 9.98. The monoisotopic (exact) mass is 426 g/mol. The van der Waals surface area contributed by atoms with Crippen molar-refractivity contribution in [3.8, 4) is 0 Å². The lowest BCUT2D eigenvalue weighted by Crippen LogP contribution is -2.39. The molecule has 0 aromatic carbocycles. The molecule has 1 aliphatic rings. The maximum atomic E-state index is 13.0. The van der Waals surface area contributed by atoms with Crippen LogP contribution < -0.4 is 5.32 Å². The lowest BCUT2D eigenvalue weighted by Gasteiger charge is -2.31. The van der Waals surface area contributed by atoms with Gasteiger partial charge in [-0.1, -0.05) is 6.07 Å². The second-order valence-electron chi connectivity index (χ2n) is 7.80. The van der Waals surface area contributed by atoms with E-state index in [0.29, 0.717) is 13.1 Å². The number of anilines is 2. The summed E-state index contributed by atoms with van der Waals surface area (Å²) in [5, 5.41) is 3.46. The van der Waals surface area contributed by atoms with Crippen molar-refractivity contribution in [2.45, 2.75) is 37.6 Å². The Morgan fingerprint density at radius 1 is 1.20 bits per heavy atom. The van der Waals surface area contributed by atoms with E-state index in [9.17, 15) is 8.42 Å². The third-order valence-electron chi connectivity index (χ3n) is 5.33. The maximum Gasteiger partial charge on any atom is 0.262 e. The molecule has 1 aliphatic heterocycles. The van der Waals surface area contributed by atoms with Crippen LogP contribution in [0.1, 0.15) is 35.7 Å². The quantitative estimate of drug-likeness (QED) is 0.674. The molecule has 1 atom stereocenters. The van der Waals surface area contributed by atoms with Gasteiger partial charge in [0.1, 0.15) is 5.82 Å². The number of sulfonamides is 1. The molecule has 0 amide bonds. The SMILES string of the molecule is Cc1cc(Nc2ncccc2C)cc(C2CCCN(S(=O)(=O)c3cn(C)cn3)C2)n1. The topological polar surface area (TPSA) is 93.0 Å². The zero-order chi connectivity index (χ0) is 21.3. The van der Waals surface area contributed by atoms with Crippen molar-refractivity contribution in [2.75, 3.05) is 18.4 Å². The van der Waals surface area contributed by atoms with Crippen LogP contribution in [-0.4, -0.2) is 45.3 Å². The van der Waals surface area contributed by atoms with Crippen LogP contribution in [-0.2, 0) is 17.1 Å². The molecule has 3 aromatic rings. The smallest absolute Gasteiger partial charge is 0.262 e. The van der Waals surface area contributed by atoms with Crippen molar-refractivity contribution >= 4 is 21.5 Å². The second-order valence-corrected chi connectivity index (χ2v) is 9.68. The van der Waals surface area contributed by atoms with Gasteiger partial charge in [-0.15, -0.1) is 0 Å². The molecule has 0 radical (unpaired) electrons. The number of rotatable bonds is 5. The summed E-state index contributed by atoms with van der Waals surface area (Å²) >= 11 is 0. The number of nitrogens with one attached hydrogen (secondary N) is 1. The van der Waals surface area contributed by atoms with Gasteiger partial charge in [-0.05, 0) is 50.5 Å². The molecule has 1 N–H and O–H groups in total. The third kappa shape index (κ3) is 4.22. The largest absolute Gasteiger partial charge is 0.340 e. The fraction of sp³-hybridized carbons (Fsp3) is 0.381. The molecule has 4 rings (SSSR count). The van der Waals surface area contributed by atoms with Crippen molar-refractivity contribution in [2.24, 2.45) is 7.05 Å². The van der Waals surface area contributed by atoms with Crippen LogP contribution in [0.2, 0.25) is 0 Å². The van der Waals surface area contributed by atoms with Gasteiger partial charge in [0, 0.05) is 55.5 Å². The van der Waals surface area contributed by atoms with E-state index in [0.717, 1.165) is 41.3 Å². The molecular weight excluding hydrogens is 400 g/mol. The Bertz CT molecular complexity index is 1160. The number of nitrogens with zero attached hydrogens (tertiary/aromatic N) is 5. The van der Waals surface area contributed by atoms with E-state index in [1.807, 2.05) is 38.1 Å². The standard InChI is InChI=1S/C21H26N6O2S/c1-15-6-4-8-22-21(15)25-18-10-16(2)24-19(11-18)17-7-5-9-27(12-17)30(28,29)20-13-26(3)14-23-20/h4,6,8,10-11,13-14,17H,5,7,9,12H2,1-3H3,(H,22,24,25). The molecule has 30 heavy (non-hydrogen) atoms. The Morgan fingerprint density at radius 2 is 2.03 bits per heavy atom. The Labute approximate surface area is 177 Å². The summed E-state index contributed by atoms with van der Waals surface area (Å²) in [6, 6.07) is 7.89. The molecule has 1 saturated heterocycles. The first-order valence-corrected chi connectivity index (χ1v) is 11.4. The van der Waals surface area contributed by atoms with E-state index in [-0.39, 0.29) is 10.9 Å². The zero-order valence-corrected chi connectivity index (χ0v) is 18.2. The summed E-state index contributed by atoms with van der Waals surface area (Å²) in [4.78, 5) is 13.2. The van der Waals surface area contributed by atoms with Crippen LogP contribution in [0.3, 0.4) is 0 Å². The van der Waals surface area contributed by atoms with Gasteiger partial charge in [0.2, 0.25) is 0 Å². The first kappa shape index (κ1) is 20.5. The third-order valence-corrected chi connectivity index (χ3v) is 7.08. The Balaban J connectivity index is 1.58. The van der Waals surface area contributed by atoms with Crippen LogP contribution >= 0.6 is 0 Å². The lowest BCUT2D eigenvalue weighted by molar-refractivity contribution is 0.312. The van der Waals surface area contributed by atoms with Crippen LogP contribution in [0.4, 0.5) is 11.5 Å². The fourth-order valence-electron chi connectivity index (χ4n) is 3.79. The minimum absolute atomic E-state index is 0.0301. The molecule has 0 aliphatic carbocycles. The van der Waals surface area contributed by atoms with Crippen LogP contribution in [0.25, 0.3) is 0 Å². The fourth-order valence-corrected chi connectivity index (χ4v) is 5.28. The Kier molecular flexibility index (Phi) is 5.57. The molecule has 8 nitrogen and oxygen atoms in total. The molecule has 3 aromatic heterocycles. The van der Waals surface area contributed by atoms with Crippen molar-refractivity contribution in [1.29, 1.82) is 0 Å². The van der Waals surface area contributed by atoms with Gasteiger partial charge >= 0.3 is 0 Å². The van der Waals surface area contributed by atoms with E-state index in [4.69, 9.17) is 4.98 Å². The van der Waals surface area contributed by atoms with Gasteiger partial charge in [-0.2, -0.15) is 4.31 Å². The van der Waals surface area contributed by atoms with E-state index in [1.54, 1.807) is 24.0 Å². The van der Waals surface area contributed by atoms with Gasteiger partial charge < -0.3 is 9.88 Å². The summed E-state index contributed by atoms with van der Waals surface area (Å²) < 4.78 is 29.2. The highest BCUT2D eigenvalue weighted by molar-refractivity contribution is 7.89. The maximum absolute atomic E-state index is 13.0. The van der Waals surface area contributed by atoms with E-state index in [1.165, 1.54) is 10.6 Å². The van der Waals surface area contributed by atoms with Gasteiger partial charge in [0.05, 0.1) is 6.33 Å². The van der Waals surface area contributed by atoms with E-state index >= 15 is 0 Å². The highest BCUT2D eigenvalue weighted by Gasteiger charge is 2.33. The molecule has 1 fully saturated rings. The number of imidazole rings is 1. The van der Waals surface area contributed by atoms with Gasteiger partial charge in [-0.25, -0.2) is 18.4 Å². The van der Waals surface area contributed by atoms with Crippen molar-refractivity contribution in [1.82, 2.24) is 23.8 Å². The molecule has 158 valence electrons. The lowest BCUT2D eigenvalue weighted by atomic mass is 9.95. The number of aromatic nitrogens is 4. The van der Waals surface area contributed by atoms with Gasteiger partial charge in [0.15, 0.2) is 5.03 Å². The molecule has 9 heteroatoms. The summed E-state index contributed by atoms with van der Waals surface area (Å²) in [5.41, 5.74) is 3.74.